The molecule has 0 aromatic carbocycles. The summed E-state index contributed by atoms with van der Waals surface area (Å²) in [7, 11) is 0. The minimum atomic E-state index is -0.376. The summed E-state index contributed by atoms with van der Waals surface area (Å²) in [6.45, 7) is 5.40. The summed E-state index contributed by atoms with van der Waals surface area (Å²) in [6.07, 6.45) is 1.94. The summed E-state index contributed by atoms with van der Waals surface area (Å²) in [6, 6.07) is 0. The Bertz CT molecular complexity index is 138. The van der Waals surface area contributed by atoms with E-state index in [0.717, 1.165) is 6.26 Å². The molecule has 0 radical (unpaired) electrons. The van der Waals surface area contributed by atoms with Crippen molar-refractivity contribution >= 4 is 5.78 Å². The molecular formula is C7H13KO2. The van der Waals surface area contributed by atoms with E-state index in [2.05, 4.69) is 0 Å². The molecule has 0 aliphatic heterocycles. The van der Waals surface area contributed by atoms with Gasteiger partial charge in [0.15, 0.2) is 5.78 Å². The molecule has 3 heteroatoms. The molecule has 0 unspecified atom stereocenters. The average Bonchev–Trinajstić information content (AvgIpc) is 1.64. The molecule has 0 aliphatic carbocycles. The van der Waals surface area contributed by atoms with Crippen molar-refractivity contribution in [1.82, 2.24) is 0 Å². The van der Waals surface area contributed by atoms with Gasteiger partial charge in [-0.05, 0) is 0 Å². The molecule has 0 saturated carbocycles. The van der Waals surface area contributed by atoms with Gasteiger partial charge in [0.05, 0.1) is 6.26 Å². The smallest absolute Gasteiger partial charge is 1.00 e. The summed E-state index contributed by atoms with van der Waals surface area (Å²) in [5.74, 6) is -0.0648. The molecule has 1 N–H and O–H groups in total. The third kappa shape index (κ3) is 5.62. The van der Waals surface area contributed by atoms with Crippen LogP contribution in [0.15, 0.2) is 12.3 Å². The predicted molar refractivity (Wildman–Crippen MR) is 37.3 cm³/mol. The van der Waals surface area contributed by atoms with Crippen LogP contribution < -0.4 is 51.4 Å². The molecule has 10 heavy (non-hydrogen) atoms. The summed E-state index contributed by atoms with van der Waals surface area (Å²) in [5.41, 5.74) is -0.376. The van der Waals surface area contributed by atoms with E-state index in [4.69, 9.17) is 5.11 Å². The Balaban J connectivity index is -0.000000320. The van der Waals surface area contributed by atoms with Crippen molar-refractivity contribution in [1.29, 1.82) is 0 Å². The molecule has 2 nitrogen and oxygen atoms in total. The second-order valence-electron chi connectivity index (χ2n) is 2.93. The normalized spacial score (nSPS) is 11.1. The Labute approximate surface area is 106 Å². The molecule has 0 heterocycles. The van der Waals surface area contributed by atoms with E-state index in [1.165, 1.54) is 6.08 Å². The molecule has 0 spiro atoms. The minimum absolute atomic E-state index is 0. The zero-order valence-corrected chi connectivity index (χ0v) is 10.1. The number of aliphatic hydroxyl groups excluding tert-OH is 1. The van der Waals surface area contributed by atoms with E-state index in [1.54, 1.807) is 20.8 Å². The van der Waals surface area contributed by atoms with E-state index in [0.29, 0.717) is 0 Å². The molecule has 0 bridgehead atoms. The fourth-order valence-corrected chi connectivity index (χ4v) is 0.318. The summed E-state index contributed by atoms with van der Waals surface area (Å²) < 4.78 is 0. The monoisotopic (exact) mass is 168 g/mol. The summed E-state index contributed by atoms with van der Waals surface area (Å²) in [5, 5.41) is 8.20. The van der Waals surface area contributed by atoms with Crippen LogP contribution in [-0.2, 0) is 4.79 Å². The van der Waals surface area contributed by atoms with Gasteiger partial charge in [-0.2, -0.15) is 0 Å². The number of ketones is 1. The Hall–Kier alpha value is 0.846. The van der Waals surface area contributed by atoms with Gasteiger partial charge in [0, 0.05) is 11.5 Å². The zero-order chi connectivity index (χ0) is 7.49. The molecule has 0 aromatic heterocycles. The van der Waals surface area contributed by atoms with Crippen molar-refractivity contribution in [2.75, 3.05) is 0 Å². The van der Waals surface area contributed by atoms with Crippen molar-refractivity contribution < 1.29 is 62.7 Å². The first kappa shape index (κ1) is 13.4. The van der Waals surface area contributed by atoms with Gasteiger partial charge < -0.3 is 6.53 Å². The topological polar surface area (TPSA) is 37.3 Å². The van der Waals surface area contributed by atoms with Gasteiger partial charge in [-0.3, -0.25) is 4.79 Å². The second-order valence-corrected chi connectivity index (χ2v) is 2.93. The van der Waals surface area contributed by atoms with Gasteiger partial charge in [-0.25, -0.2) is 0 Å². The van der Waals surface area contributed by atoms with E-state index in [-0.39, 0.29) is 64.0 Å². The Kier molecular flexibility index (Phi) is 7.38. The molecule has 0 fully saturated rings. The van der Waals surface area contributed by atoms with E-state index in [9.17, 15) is 4.79 Å². The zero-order valence-electron chi connectivity index (χ0n) is 8.01. The van der Waals surface area contributed by atoms with Crippen LogP contribution in [0.3, 0.4) is 0 Å². The van der Waals surface area contributed by atoms with Gasteiger partial charge in [0.1, 0.15) is 0 Å². The van der Waals surface area contributed by atoms with Crippen molar-refractivity contribution in [3.63, 3.8) is 0 Å². The van der Waals surface area contributed by atoms with Gasteiger partial charge in [-0.15, -0.1) is 0 Å². The fraction of sp³-hybridized carbons (Fsp3) is 0.571. The predicted octanol–water partition coefficient (Wildman–Crippen LogP) is -1.21. The van der Waals surface area contributed by atoms with Gasteiger partial charge in [0.25, 0.3) is 0 Å². The molecule has 0 saturated heterocycles. The number of hydrogen-bond donors (Lipinski definition) is 1. The van der Waals surface area contributed by atoms with Crippen LogP contribution in [0.25, 0.3) is 0 Å². The maximum Gasteiger partial charge on any atom is 1.00 e. The molecule has 0 rings (SSSR count). The van der Waals surface area contributed by atoms with Crippen LogP contribution in [0.2, 0.25) is 0 Å². The minimum Gasteiger partial charge on any atom is -1.00 e. The maximum absolute atomic E-state index is 10.8. The Morgan fingerprint density at radius 1 is 1.50 bits per heavy atom. The molecule has 0 amide bonds. The molecule has 0 aliphatic rings. The van der Waals surface area contributed by atoms with Gasteiger partial charge in [-0.1, -0.05) is 20.8 Å². The maximum atomic E-state index is 10.8. The third-order valence-corrected chi connectivity index (χ3v) is 0.965. The van der Waals surface area contributed by atoms with Crippen LogP contribution in [0.1, 0.15) is 22.2 Å². The number of carbonyl (C=O) groups excluding carboxylic acids is 1. The van der Waals surface area contributed by atoms with Crippen LogP contribution in [0.4, 0.5) is 0 Å². The number of allylic oxidation sites excluding steroid dienone is 1. The largest absolute Gasteiger partial charge is 1.00 e. The van der Waals surface area contributed by atoms with Crippen molar-refractivity contribution in [2.24, 2.45) is 5.41 Å². The molecule has 54 valence electrons. The van der Waals surface area contributed by atoms with E-state index in [1.807, 2.05) is 0 Å². The van der Waals surface area contributed by atoms with Crippen LogP contribution >= 0.6 is 0 Å². The van der Waals surface area contributed by atoms with Gasteiger partial charge >= 0.3 is 51.4 Å². The molecule has 0 atom stereocenters. The SMILES string of the molecule is CC(C)(C)C(=O)/C=C/O.[H-].[K+]. The molecular weight excluding hydrogens is 155 g/mol. The first-order valence-electron chi connectivity index (χ1n) is 2.83. The third-order valence-electron chi connectivity index (χ3n) is 0.965. The van der Waals surface area contributed by atoms with E-state index >= 15 is 0 Å². The Morgan fingerprint density at radius 3 is 2.00 bits per heavy atom. The Morgan fingerprint density at radius 2 is 1.90 bits per heavy atom. The molecule has 0 aromatic rings. The number of aliphatic hydroxyl groups is 1. The first-order valence-corrected chi connectivity index (χ1v) is 2.83. The first-order chi connectivity index (χ1) is 3.98. The van der Waals surface area contributed by atoms with Crippen molar-refractivity contribution in [3.8, 4) is 0 Å². The number of carbonyl (C=O) groups is 1. The summed E-state index contributed by atoms with van der Waals surface area (Å²) in [4.78, 5) is 10.8. The fourth-order valence-electron chi connectivity index (χ4n) is 0.318. The van der Waals surface area contributed by atoms with Crippen molar-refractivity contribution in [3.05, 3.63) is 12.3 Å². The van der Waals surface area contributed by atoms with Crippen LogP contribution in [-0.4, -0.2) is 10.9 Å². The van der Waals surface area contributed by atoms with Gasteiger partial charge in [0.2, 0.25) is 0 Å². The van der Waals surface area contributed by atoms with Crippen molar-refractivity contribution in [2.45, 2.75) is 20.8 Å². The van der Waals surface area contributed by atoms with Crippen LogP contribution in [0, 0.1) is 5.41 Å². The standard InChI is InChI=1S/C7H12O2.K.H/c1-7(2,3)6(9)4-5-8;;/h4-5,8H,1-3H3;;/q;+1;-1/b5-4+;;. The average molecular weight is 168 g/mol. The van der Waals surface area contributed by atoms with E-state index < -0.39 is 0 Å². The number of rotatable bonds is 1. The summed E-state index contributed by atoms with van der Waals surface area (Å²) >= 11 is 0. The quantitative estimate of drug-likeness (QED) is 0.303. The van der Waals surface area contributed by atoms with Crippen LogP contribution in [0.5, 0.6) is 0 Å². The second kappa shape index (κ2) is 5.49. The number of hydrogen-bond acceptors (Lipinski definition) is 2.